The highest BCUT2D eigenvalue weighted by molar-refractivity contribution is 5.45. The highest BCUT2D eigenvalue weighted by Crippen LogP contribution is 2.21. The van der Waals surface area contributed by atoms with E-state index in [4.69, 9.17) is 10.00 Å². The SMILES string of the molecule is CNc1ccnc(Oc2ccc(C#N)cc2)c1. The lowest BCUT2D eigenvalue weighted by atomic mass is 10.2. The van der Waals surface area contributed by atoms with Crippen LogP contribution in [0.25, 0.3) is 0 Å². The zero-order valence-electron chi connectivity index (χ0n) is 9.34. The van der Waals surface area contributed by atoms with E-state index in [1.165, 1.54) is 0 Å². The number of rotatable bonds is 3. The zero-order valence-corrected chi connectivity index (χ0v) is 9.34. The Balaban J connectivity index is 2.16. The lowest BCUT2D eigenvalue weighted by molar-refractivity contribution is 0.463. The molecule has 0 aliphatic rings. The molecular weight excluding hydrogens is 214 g/mol. The number of nitrogens with zero attached hydrogens (tertiary/aromatic N) is 2. The van der Waals surface area contributed by atoms with Crippen LogP contribution in [0.3, 0.4) is 0 Å². The van der Waals surface area contributed by atoms with Crippen molar-refractivity contribution in [2.24, 2.45) is 0 Å². The maximum Gasteiger partial charge on any atom is 0.221 e. The summed E-state index contributed by atoms with van der Waals surface area (Å²) in [5.74, 6) is 1.17. The summed E-state index contributed by atoms with van der Waals surface area (Å²) in [6, 6.07) is 12.6. The van der Waals surface area contributed by atoms with Crippen LogP contribution in [0.4, 0.5) is 5.69 Å². The maximum atomic E-state index is 8.68. The third kappa shape index (κ3) is 2.73. The predicted molar refractivity (Wildman–Crippen MR) is 65.0 cm³/mol. The maximum absolute atomic E-state index is 8.68. The second-order valence-electron chi connectivity index (χ2n) is 3.37. The van der Waals surface area contributed by atoms with E-state index in [9.17, 15) is 0 Å². The molecule has 1 N–H and O–H groups in total. The molecule has 1 aromatic heterocycles. The summed E-state index contributed by atoms with van der Waals surface area (Å²) in [6.45, 7) is 0. The number of hydrogen-bond donors (Lipinski definition) is 1. The molecule has 0 saturated carbocycles. The Labute approximate surface area is 99.5 Å². The lowest BCUT2D eigenvalue weighted by Crippen LogP contribution is -1.91. The van der Waals surface area contributed by atoms with Gasteiger partial charge in [-0.05, 0) is 30.3 Å². The van der Waals surface area contributed by atoms with Gasteiger partial charge < -0.3 is 10.1 Å². The first-order chi connectivity index (χ1) is 8.31. The van der Waals surface area contributed by atoms with Crippen LogP contribution in [-0.2, 0) is 0 Å². The molecule has 0 aliphatic heterocycles. The number of hydrogen-bond acceptors (Lipinski definition) is 4. The first-order valence-electron chi connectivity index (χ1n) is 5.13. The van der Waals surface area contributed by atoms with Crippen LogP contribution in [0.2, 0.25) is 0 Å². The fourth-order valence-electron chi connectivity index (χ4n) is 1.34. The van der Waals surface area contributed by atoms with Gasteiger partial charge in [0.05, 0.1) is 11.6 Å². The number of pyridine rings is 1. The number of nitriles is 1. The fraction of sp³-hybridized carbons (Fsp3) is 0.0769. The number of nitrogens with one attached hydrogen (secondary N) is 1. The molecular formula is C13H11N3O. The molecule has 17 heavy (non-hydrogen) atoms. The molecule has 0 aliphatic carbocycles. The van der Waals surface area contributed by atoms with Crippen molar-refractivity contribution in [2.75, 3.05) is 12.4 Å². The van der Waals surface area contributed by atoms with Crippen molar-refractivity contribution in [3.05, 3.63) is 48.2 Å². The third-order valence-corrected chi connectivity index (χ3v) is 2.23. The van der Waals surface area contributed by atoms with Crippen molar-refractivity contribution >= 4 is 5.69 Å². The van der Waals surface area contributed by atoms with Crippen LogP contribution in [0.1, 0.15) is 5.56 Å². The van der Waals surface area contributed by atoms with Crippen LogP contribution in [0, 0.1) is 11.3 Å². The molecule has 84 valence electrons. The molecule has 0 amide bonds. The summed E-state index contributed by atoms with van der Waals surface area (Å²) in [4.78, 5) is 4.10. The number of aromatic nitrogens is 1. The monoisotopic (exact) mass is 225 g/mol. The lowest BCUT2D eigenvalue weighted by Gasteiger charge is -2.06. The van der Waals surface area contributed by atoms with Crippen molar-refractivity contribution in [3.8, 4) is 17.7 Å². The molecule has 2 rings (SSSR count). The number of ether oxygens (including phenoxy) is 1. The Kier molecular flexibility index (Phi) is 3.22. The van der Waals surface area contributed by atoms with Gasteiger partial charge in [-0.15, -0.1) is 0 Å². The third-order valence-electron chi connectivity index (χ3n) is 2.23. The minimum Gasteiger partial charge on any atom is -0.439 e. The standard InChI is InChI=1S/C13H11N3O/c1-15-11-6-7-16-13(8-11)17-12-4-2-10(9-14)3-5-12/h2-8H,1H3,(H,15,16). The Bertz CT molecular complexity index is 543. The van der Waals surface area contributed by atoms with Gasteiger partial charge in [0.25, 0.3) is 0 Å². The van der Waals surface area contributed by atoms with Crippen LogP contribution >= 0.6 is 0 Å². The van der Waals surface area contributed by atoms with Crippen LogP contribution in [-0.4, -0.2) is 12.0 Å². The molecule has 0 bridgehead atoms. The molecule has 1 heterocycles. The molecule has 0 atom stereocenters. The van der Waals surface area contributed by atoms with Crippen molar-refractivity contribution in [3.63, 3.8) is 0 Å². The van der Waals surface area contributed by atoms with E-state index < -0.39 is 0 Å². The van der Waals surface area contributed by atoms with E-state index in [0.29, 0.717) is 17.2 Å². The first kappa shape index (κ1) is 11.0. The molecule has 4 heteroatoms. The molecule has 1 aromatic carbocycles. The Morgan fingerprint density at radius 3 is 2.65 bits per heavy atom. The predicted octanol–water partition coefficient (Wildman–Crippen LogP) is 2.79. The molecule has 0 saturated heterocycles. The molecule has 0 radical (unpaired) electrons. The summed E-state index contributed by atoms with van der Waals surface area (Å²) < 4.78 is 5.56. The number of anilines is 1. The molecule has 0 spiro atoms. The van der Waals surface area contributed by atoms with Crippen LogP contribution in [0.15, 0.2) is 42.6 Å². The summed E-state index contributed by atoms with van der Waals surface area (Å²) in [5, 5.41) is 11.7. The molecule has 0 fully saturated rings. The second-order valence-corrected chi connectivity index (χ2v) is 3.37. The van der Waals surface area contributed by atoms with Crippen molar-refractivity contribution in [1.82, 2.24) is 4.98 Å². The highest BCUT2D eigenvalue weighted by Gasteiger charge is 1.99. The van der Waals surface area contributed by atoms with E-state index in [0.717, 1.165) is 5.69 Å². The summed E-state index contributed by atoms with van der Waals surface area (Å²) in [7, 11) is 1.83. The quantitative estimate of drug-likeness (QED) is 0.872. The average molecular weight is 225 g/mol. The Morgan fingerprint density at radius 2 is 2.00 bits per heavy atom. The van der Waals surface area contributed by atoms with Crippen LogP contribution in [0.5, 0.6) is 11.6 Å². The Hall–Kier alpha value is -2.54. The average Bonchev–Trinajstić information content (AvgIpc) is 2.40. The van der Waals surface area contributed by atoms with Gasteiger partial charge in [0.15, 0.2) is 0 Å². The summed E-state index contributed by atoms with van der Waals surface area (Å²) in [5.41, 5.74) is 1.54. The van der Waals surface area contributed by atoms with Crippen molar-refractivity contribution in [1.29, 1.82) is 5.26 Å². The van der Waals surface area contributed by atoms with Gasteiger partial charge in [0.2, 0.25) is 5.88 Å². The number of benzene rings is 1. The van der Waals surface area contributed by atoms with Gasteiger partial charge in [-0.1, -0.05) is 0 Å². The summed E-state index contributed by atoms with van der Waals surface area (Å²) in [6.07, 6.45) is 1.67. The van der Waals surface area contributed by atoms with E-state index in [1.807, 2.05) is 13.1 Å². The van der Waals surface area contributed by atoms with Crippen molar-refractivity contribution in [2.45, 2.75) is 0 Å². The Morgan fingerprint density at radius 1 is 1.24 bits per heavy atom. The molecule has 4 nitrogen and oxygen atoms in total. The largest absolute Gasteiger partial charge is 0.439 e. The topological polar surface area (TPSA) is 57.9 Å². The van der Waals surface area contributed by atoms with Gasteiger partial charge in [-0.2, -0.15) is 5.26 Å². The van der Waals surface area contributed by atoms with Crippen LogP contribution < -0.4 is 10.1 Å². The normalized spacial score (nSPS) is 9.41. The van der Waals surface area contributed by atoms with Gasteiger partial charge >= 0.3 is 0 Å². The highest BCUT2D eigenvalue weighted by atomic mass is 16.5. The van der Waals surface area contributed by atoms with Gasteiger partial charge in [-0.25, -0.2) is 4.98 Å². The first-order valence-corrected chi connectivity index (χ1v) is 5.13. The minimum absolute atomic E-state index is 0.515. The van der Waals surface area contributed by atoms with Gasteiger partial charge in [-0.3, -0.25) is 0 Å². The van der Waals surface area contributed by atoms with Gasteiger partial charge in [0.1, 0.15) is 5.75 Å². The van der Waals surface area contributed by atoms with Gasteiger partial charge in [0, 0.05) is 25.0 Å². The molecule has 0 unspecified atom stereocenters. The smallest absolute Gasteiger partial charge is 0.221 e. The summed E-state index contributed by atoms with van der Waals surface area (Å²) >= 11 is 0. The fourth-order valence-corrected chi connectivity index (χ4v) is 1.34. The van der Waals surface area contributed by atoms with E-state index in [1.54, 1.807) is 36.5 Å². The van der Waals surface area contributed by atoms with E-state index in [2.05, 4.69) is 16.4 Å². The zero-order chi connectivity index (χ0) is 12.1. The van der Waals surface area contributed by atoms with E-state index in [-0.39, 0.29) is 0 Å². The van der Waals surface area contributed by atoms with E-state index >= 15 is 0 Å². The minimum atomic E-state index is 0.515. The molecule has 2 aromatic rings. The second kappa shape index (κ2) is 4.99. The van der Waals surface area contributed by atoms with Crippen molar-refractivity contribution < 1.29 is 4.74 Å².